The molecular weight excluding hydrogens is 241 g/mol. The summed E-state index contributed by atoms with van der Waals surface area (Å²) < 4.78 is 13.0. The van der Waals surface area contributed by atoms with Crippen molar-refractivity contribution in [1.29, 1.82) is 0 Å². The normalized spacial score (nSPS) is 10.3. The summed E-state index contributed by atoms with van der Waals surface area (Å²) in [5.74, 6) is -0.822. The molecule has 0 aliphatic carbocycles. The van der Waals surface area contributed by atoms with Crippen molar-refractivity contribution in [2.45, 2.75) is 6.92 Å². The molecule has 0 spiro atoms. The molecule has 0 amide bonds. The second kappa shape index (κ2) is 4.63. The number of benzene rings is 1. The zero-order chi connectivity index (χ0) is 12.4. The molecule has 1 aromatic carbocycles. The van der Waals surface area contributed by atoms with E-state index in [-0.39, 0.29) is 11.3 Å². The molecule has 0 aliphatic heterocycles. The number of rotatable bonds is 2. The minimum Gasteiger partial charge on any atom is -0.289 e. The molecule has 4 heteroatoms. The van der Waals surface area contributed by atoms with Gasteiger partial charge in [0.05, 0.1) is 6.20 Å². The third-order valence-corrected chi connectivity index (χ3v) is 2.49. The summed E-state index contributed by atoms with van der Waals surface area (Å²) in [7, 11) is 0. The van der Waals surface area contributed by atoms with Crippen molar-refractivity contribution in [2.75, 3.05) is 0 Å². The number of carbonyl (C=O) groups excluding carboxylic acids is 1. The van der Waals surface area contributed by atoms with Crippen molar-refractivity contribution in [3.05, 3.63) is 64.2 Å². The maximum absolute atomic E-state index is 13.0. The second-order valence-electron chi connectivity index (χ2n) is 3.74. The van der Waals surface area contributed by atoms with Crippen molar-refractivity contribution < 1.29 is 9.18 Å². The van der Waals surface area contributed by atoms with Crippen LogP contribution in [0, 0.1) is 12.7 Å². The van der Waals surface area contributed by atoms with Crippen LogP contribution in [0.4, 0.5) is 4.39 Å². The maximum Gasteiger partial charge on any atom is 0.194 e. The lowest BCUT2D eigenvalue weighted by Gasteiger charge is -2.03. The van der Waals surface area contributed by atoms with Crippen LogP contribution < -0.4 is 0 Å². The van der Waals surface area contributed by atoms with E-state index in [1.54, 1.807) is 18.2 Å². The van der Waals surface area contributed by atoms with Gasteiger partial charge in [-0.05, 0) is 36.8 Å². The molecular formula is C13H9ClFNO. The molecule has 0 fully saturated rings. The Morgan fingerprint density at radius 1 is 1.18 bits per heavy atom. The van der Waals surface area contributed by atoms with E-state index in [0.29, 0.717) is 10.6 Å². The van der Waals surface area contributed by atoms with Gasteiger partial charge in [0.2, 0.25) is 0 Å². The van der Waals surface area contributed by atoms with E-state index in [1.165, 1.54) is 6.20 Å². The van der Waals surface area contributed by atoms with E-state index in [9.17, 15) is 9.18 Å². The molecule has 0 radical (unpaired) electrons. The summed E-state index contributed by atoms with van der Waals surface area (Å²) in [4.78, 5) is 15.7. The fourth-order valence-corrected chi connectivity index (χ4v) is 1.86. The van der Waals surface area contributed by atoms with Gasteiger partial charge in [0.15, 0.2) is 5.78 Å². The Labute approximate surface area is 103 Å². The standard InChI is InChI=1S/C13H9ClFNO/c1-8-2-9(4-11(14)3-8)13(17)10-5-12(15)7-16-6-10/h2-7H,1H3. The number of hydrogen-bond donors (Lipinski definition) is 0. The summed E-state index contributed by atoms with van der Waals surface area (Å²) >= 11 is 5.87. The van der Waals surface area contributed by atoms with Crippen LogP contribution in [0.2, 0.25) is 5.02 Å². The van der Waals surface area contributed by atoms with Gasteiger partial charge in [0, 0.05) is 22.3 Å². The average molecular weight is 250 g/mol. The summed E-state index contributed by atoms with van der Waals surface area (Å²) in [6.45, 7) is 1.84. The van der Waals surface area contributed by atoms with E-state index in [1.807, 2.05) is 6.92 Å². The van der Waals surface area contributed by atoms with Crippen LogP contribution in [0.15, 0.2) is 36.7 Å². The molecule has 86 valence electrons. The van der Waals surface area contributed by atoms with Crippen LogP contribution in [-0.4, -0.2) is 10.8 Å². The van der Waals surface area contributed by atoms with Gasteiger partial charge in [-0.1, -0.05) is 11.6 Å². The minimum atomic E-state index is -0.533. The Balaban J connectivity index is 2.43. The van der Waals surface area contributed by atoms with Gasteiger partial charge >= 0.3 is 0 Å². The van der Waals surface area contributed by atoms with Crippen LogP contribution in [0.5, 0.6) is 0 Å². The number of halogens is 2. The first kappa shape index (κ1) is 11.7. The highest BCUT2D eigenvalue weighted by Gasteiger charge is 2.11. The smallest absolute Gasteiger partial charge is 0.194 e. The second-order valence-corrected chi connectivity index (χ2v) is 4.17. The minimum absolute atomic E-state index is 0.215. The Kier molecular flexibility index (Phi) is 3.20. The molecule has 17 heavy (non-hydrogen) atoms. The fourth-order valence-electron chi connectivity index (χ4n) is 1.57. The predicted molar refractivity (Wildman–Crippen MR) is 63.8 cm³/mol. The molecule has 0 N–H and O–H groups in total. The van der Waals surface area contributed by atoms with E-state index in [0.717, 1.165) is 17.8 Å². The highest BCUT2D eigenvalue weighted by molar-refractivity contribution is 6.31. The van der Waals surface area contributed by atoms with Crippen molar-refractivity contribution in [2.24, 2.45) is 0 Å². The molecule has 0 unspecified atom stereocenters. The maximum atomic E-state index is 13.0. The third-order valence-electron chi connectivity index (χ3n) is 2.27. The molecule has 0 atom stereocenters. The quantitative estimate of drug-likeness (QED) is 0.764. The topological polar surface area (TPSA) is 30.0 Å². The van der Waals surface area contributed by atoms with Crippen LogP contribution in [0.1, 0.15) is 21.5 Å². The van der Waals surface area contributed by atoms with E-state index in [4.69, 9.17) is 11.6 Å². The molecule has 1 heterocycles. The number of aromatic nitrogens is 1. The van der Waals surface area contributed by atoms with Gasteiger partial charge in [-0.3, -0.25) is 9.78 Å². The monoisotopic (exact) mass is 249 g/mol. The van der Waals surface area contributed by atoms with Crippen molar-refractivity contribution in [3.8, 4) is 0 Å². The number of ketones is 1. The Morgan fingerprint density at radius 3 is 2.59 bits per heavy atom. The average Bonchev–Trinajstić information content (AvgIpc) is 2.26. The molecule has 0 saturated heterocycles. The van der Waals surface area contributed by atoms with E-state index >= 15 is 0 Å². The zero-order valence-corrected chi connectivity index (χ0v) is 9.83. The number of hydrogen-bond acceptors (Lipinski definition) is 2. The van der Waals surface area contributed by atoms with Crippen molar-refractivity contribution in [1.82, 2.24) is 4.98 Å². The first-order valence-corrected chi connectivity index (χ1v) is 5.36. The first-order chi connectivity index (χ1) is 8.06. The molecule has 2 nitrogen and oxygen atoms in total. The van der Waals surface area contributed by atoms with Gasteiger partial charge in [-0.15, -0.1) is 0 Å². The lowest BCUT2D eigenvalue weighted by atomic mass is 10.0. The molecule has 0 bridgehead atoms. The number of pyridine rings is 1. The van der Waals surface area contributed by atoms with Gasteiger partial charge in [0.1, 0.15) is 5.82 Å². The molecule has 1 aromatic heterocycles. The highest BCUT2D eigenvalue weighted by Crippen LogP contribution is 2.17. The number of nitrogens with zero attached hydrogens (tertiary/aromatic N) is 1. The summed E-state index contributed by atoms with van der Waals surface area (Å²) in [5, 5.41) is 0.484. The predicted octanol–water partition coefficient (Wildman–Crippen LogP) is 3.41. The highest BCUT2D eigenvalue weighted by atomic mass is 35.5. The lowest BCUT2D eigenvalue weighted by Crippen LogP contribution is -2.03. The van der Waals surface area contributed by atoms with Gasteiger partial charge in [0.25, 0.3) is 0 Å². The van der Waals surface area contributed by atoms with Crippen LogP contribution in [0.25, 0.3) is 0 Å². The summed E-state index contributed by atoms with van der Waals surface area (Å²) in [5.41, 5.74) is 1.53. The molecule has 2 rings (SSSR count). The zero-order valence-electron chi connectivity index (χ0n) is 9.08. The van der Waals surface area contributed by atoms with E-state index < -0.39 is 5.82 Å². The summed E-state index contributed by atoms with van der Waals surface area (Å²) in [6, 6.07) is 6.18. The number of carbonyl (C=O) groups is 1. The van der Waals surface area contributed by atoms with Crippen molar-refractivity contribution >= 4 is 17.4 Å². The number of aryl methyl sites for hydroxylation is 1. The lowest BCUT2D eigenvalue weighted by molar-refractivity contribution is 0.103. The fraction of sp³-hybridized carbons (Fsp3) is 0.0769. The van der Waals surface area contributed by atoms with Gasteiger partial charge < -0.3 is 0 Å². The van der Waals surface area contributed by atoms with E-state index in [2.05, 4.69) is 4.98 Å². The molecule has 2 aromatic rings. The third kappa shape index (κ3) is 2.68. The first-order valence-electron chi connectivity index (χ1n) is 4.99. The Morgan fingerprint density at radius 2 is 1.94 bits per heavy atom. The summed E-state index contributed by atoms with van der Waals surface area (Å²) in [6.07, 6.45) is 2.39. The van der Waals surface area contributed by atoms with Crippen molar-refractivity contribution in [3.63, 3.8) is 0 Å². The molecule has 0 saturated carbocycles. The molecule has 0 aliphatic rings. The van der Waals surface area contributed by atoms with Gasteiger partial charge in [-0.2, -0.15) is 0 Å². The SMILES string of the molecule is Cc1cc(Cl)cc(C(=O)c2cncc(F)c2)c1. The van der Waals surface area contributed by atoms with Crippen LogP contribution in [0.3, 0.4) is 0 Å². The Bertz CT molecular complexity index is 563. The Hall–Kier alpha value is -1.74. The van der Waals surface area contributed by atoms with Crippen LogP contribution >= 0.6 is 11.6 Å². The van der Waals surface area contributed by atoms with Gasteiger partial charge in [-0.25, -0.2) is 4.39 Å². The largest absolute Gasteiger partial charge is 0.289 e. The van der Waals surface area contributed by atoms with Crippen LogP contribution in [-0.2, 0) is 0 Å².